The van der Waals surface area contributed by atoms with Gasteiger partial charge < -0.3 is 15.0 Å². The zero-order chi connectivity index (χ0) is 16.2. The molecule has 1 aromatic heterocycles. The van der Waals surface area contributed by atoms with Crippen molar-refractivity contribution >= 4 is 0 Å². The molecule has 8 heteroatoms. The van der Waals surface area contributed by atoms with Gasteiger partial charge in [-0.25, -0.2) is 0 Å². The van der Waals surface area contributed by atoms with Crippen LogP contribution in [0, 0.1) is 11.3 Å². The van der Waals surface area contributed by atoms with E-state index in [1.54, 1.807) is 6.07 Å². The summed E-state index contributed by atoms with van der Waals surface area (Å²) in [5, 5.41) is 12.7. The number of nitriles is 1. The predicted molar refractivity (Wildman–Crippen MR) is 69.7 cm³/mol. The Labute approximate surface area is 124 Å². The zero-order valence-electron chi connectivity index (χ0n) is 11.3. The van der Waals surface area contributed by atoms with Gasteiger partial charge in [0.1, 0.15) is 29.9 Å². The number of hydrogen-bond donors (Lipinski definition) is 1. The SMILES string of the molecule is N#Cc1ccc(C(F)(F)F)cc1O[C@H](CCN)c1ccon1. The molecule has 0 aliphatic heterocycles. The van der Waals surface area contributed by atoms with Crippen LogP contribution in [0.15, 0.2) is 35.1 Å². The average Bonchev–Trinajstić information content (AvgIpc) is 3.00. The number of aromatic nitrogens is 1. The zero-order valence-corrected chi connectivity index (χ0v) is 11.3. The molecule has 0 bridgehead atoms. The van der Waals surface area contributed by atoms with E-state index in [2.05, 4.69) is 5.16 Å². The lowest BCUT2D eigenvalue weighted by Crippen LogP contribution is -2.15. The van der Waals surface area contributed by atoms with Gasteiger partial charge in [-0.1, -0.05) is 5.16 Å². The van der Waals surface area contributed by atoms with E-state index in [4.69, 9.17) is 20.3 Å². The maximum Gasteiger partial charge on any atom is 0.416 e. The molecule has 2 rings (SSSR count). The van der Waals surface area contributed by atoms with Crippen molar-refractivity contribution in [2.24, 2.45) is 5.73 Å². The van der Waals surface area contributed by atoms with Crippen molar-refractivity contribution in [3.8, 4) is 11.8 Å². The molecule has 0 unspecified atom stereocenters. The van der Waals surface area contributed by atoms with E-state index in [9.17, 15) is 13.2 Å². The minimum atomic E-state index is -4.52. The first-order valence-corrected chi connectivity index (χ1v) is 6.34. The van der Waals surface area contributed by atoms with E-state index in [1.165, 1.54) is 12.3 Å². The number of alkyl halides is 3. The van der Waals surface area contributed by atoms with Gasteiger partial charge in [-0.2, -0.15) is 18.4 Å². The van der Waals surface area contributed by atoms with E-state index in [-0.39, 0.29) is 17.9 Å². The molecule has 116 valence electrons. The summed E-state index contributed by atoms with van der Waals surface area (Å²) in [5.74, 6) is -0.168. The van der Waals surface area contributed by atoms with Gasteiger partial charge in [0.2, 0.25) is 0 Å². The number of halogens is 3. The van der Waals surface area contributed by atoms with E-state index in [0.717, 1.165) is 18.2 Å². The molecule has 0 aliphatic carbocycles. The van der Waals surface area contributed by atoms with Crippen molar-refractivity contribution in [2.45, 2.75) is 18.7 Å². The minimum Gasteiger partial charge on any atom is -0.483 e. The van der Waals surface area contributed by atoms with Gasteiger partial charge >= 0.3 is 6.18 Å². The second kappa shape index (κ2) is 6.49. The van der Waals surface area contributed by atoms with Crippen molar-refractivity contribution in [1.29, 1.82) is 5.26 Å². The van der Waals surface area contributed by atoms with Gasteiger partial charge in [-0.3, -0.25) is 0 Å². The molecule has 0 radical (unpaired) electrons. The normalized spacial score (nSPS) is 12.7. The Morgan fingerprint density at radius 1 is 1.36 bits per heavy atom. The summed E-state index contributed by atoms with van der Waals surface area (Å²) >= 11 is 0. The highest BCUT2D eigenvalue weighted by atomic mass is 19.4. The molecule has 1 atom stereocenters. The van der Waals surface area contributed by atoms with E-state index in [0.29, 0.717) is 12.1 Å². The monoisotopic (exact) mass is 311 g/mol. The van der Waals surface area contributed by atoms with Crippen LogP contribution in [0.2, 0.25) is 0 Å². The molecular formula is C14H12F3N3O2. The number of ether oxygens (including phenoxy) is 1. The smallest absolute Gasteiger partial charge is 0.416 e. The molecule has 2 aromatic rings. The maximum absolute atomic E-state index is 12.8. The van der Waals surface area contributed by atoms with Gasteiger partial charge in [0.15, 0.2) is 0 Å². The summed E-state index contributed by atoms with van der Waals surface area (Å²) in [4.78, 5) is 0. The number of nitrogens with two attached hydrogens (primary N) is 1. The van der Waals surface area contributed by atoms with Crippen LogP contribution in [0.25, 0.3) is 0 Å². The Bertz CT molecular complexity index is 663. The summed E-state index contributed by atoms with van der Waals surface area (Å²) in [6.45, 7) is 0.234. The largest absolute Gasteiger partial charge is 0.483 e. The highest BCUT2D eigenvalue weighted by Crippen LogP contribution is 2.34. The standard InChI is InChI=1S/C14H12F3N3O2/c15-14(16,17)10-2-1-9(8-19)13(7-10)22-12(3-5-18)11-4-6-21-20-11/h1-2,4,6-7,12H,3,5,18H2/t12-/m1/s1. The lowest BCUT2D eigenvalue weighted by atomic mass is 10.1. The molecular weight excluding hydrogens is 299 g/mol. The van der Waals surface area contributed by atoms with Gasteiger partial charge in [0.25, 0.3) is 0 Å². The molecule has 0 saturated carbocycles. The van der Waals surface area contributed by atoms with Crippen molar-refractivity contribution in [1.82, 2.24) is 5.16 Å². The molecule has 5 nitrogen and oxygen atoms in total. The Balaban J connectivity index is 2.35. The summed E-state index contributed by atoms with van der Waals surface area (Å²) in [5.41, 5.74) is 4.97. The Kier molecular flexibility index (Phi) is 4.68. The van der Waals surface area contributed by atoms with Crippen LogP contribution in [0.3, 0.4) is 0 Å². The first-order chi connectivity index (χ1) is 10.5. The Morgan fingerprint density at radius 2 is 2.14 bits per heavy atom. The Hall–Kier alpha value is -2.53. The quantitative estimate of drug-likeness (QED) is 0.917. The van der Waals surface area contributed by atoms with E-state index < -0.39 is 17.8 Å². The van der Waals surface area contributed by atoms with Crippen LogP contribution in [-0.2, 0) is 6.18 Å². The predicted octanol–water partition coefficient (Wildman–Crippen LogP) is 3.03. The second-order valence-electron chi connectivity index (χ2n) is 4.43. The van der Waals surface area contributed by atoms with Crippen molar-refractivity contribution in [2.75, 3.05) is 6.54 Å². The fourth-order valence-corrected chi connectivity index (χ4v) is 1.85. The highest BCUT2D eigenvalue weighted by molar-refractivity contribution is 5.46. The third-order valence-electron chi connectivity index (χ3n) is 2.92. The summed E-state index contributed by atoms with van der Waals surface area (Å²) in [7, 11) is 0. The average molecular weight is 311 g/mol. The molecule has 0 fully saturated rings. The highest BCUT2D eigenvalue weighted by Gasteiger charge is 2.31. The van der Waals surface area contributed by atoms with Crippen LogP contribution >= 0.6 is 0 Å². The summed E-state index contributed by atoms with van der Waals surface area (Å²) in [6.07, 6.45) is -3.59. The number of nitrogens with zero attached hydrogens (tertiary/aromatic N) is 2. The fraction of sp³-hybridized carbons (Fsp3) is 0.286. The molecule has 0 amide bonds. The molecule has 0 aliphatic rings. The van der Waals surface area contributed by atoms with Crippen molar-refractivity contribution in [3.05, 3.63) is 47.3 Å². The second-order valence-corrected chi connectivity index (χ2v) is 4.43. The molecule has 22 heavy (non-hydrogen) atoms. The molecule has 1 heterocycles. The number of hydrogen-bond acceptors (Lipinski definition) is 5. The lowest BCUT2D eigenvalue weighted by Gasteiger charge is -2.18. The van der Waals surface area contributed by atoms with Crippen LogP contribution in [-0.4, -0.2) is 11.7 Å². The van der Waals surface area contributed by atoms with Crippen molar-refractivity contribution < 1.29 is 22.4 Å². The van der Waals surface area contributed by atoms with Gasteiger partial charge in [-0.05, 0) is 24.7 Å². The minimum absolute atomic E-state index is 0.00137. The molecule has 0 spiro atoms. The van der Waals surface area contributed by atoms with Crippen LogP contribution < -0.4 is 10.5 Å². The summed E-state index contributed by atoms with van der Waals surface area (Å²) in [6, 6.07) is 6.02. The summed E-state index contributed by atoms with van der Waals surface area (Å²) < 4.78 is 48.6. The van der Waals surface area contributed by atoms with Crippen LogP contribution in [0.1, 0.15) is 29.3 Å². The lowest BCUT2D eigenvalue weighted by molar-refractivity contribution is -0.137. The van der Waals surface area contributed by atoms with E-state index >= 15 is 0 Å². The van der Waals surface area contributed by atoms with Gasteiger partial charge in [0.05, 0.1) is 11.1 Å². The third-order valence-corrected chi connectivity index (χ3v) is 2.92. The first-order valence-electron chi connectivity index (χ1n) is 6.34. The van der Waals surface area contributed by atoms with Gasteiger partial charge in [0, 0.05) is 12.5 Å². The van der Waals surface area contributed by atoms with Crippen molar-refractivity contribution in [3.63, 3.8) is 0 Å². The Morgan fingerprint density at radius 3 is 2.68 bits per heavy atom. The topological polar surface area (TPSA) is 85.1 Å². The van der Waals surface area contributed by atoms with Crippen LogP contribution in [0.4, 0.5) is 13.2 Å². The third kappa shape index (κ3) is 3.56. The van der Waals surface area contributed by atoms with Gasteiger partial charge in [-0.15, -0.1) is 0 Å². The molecule has 1 aromatic carbocycles. The number of benzene rings is 1. The van der Waals surface area contributed by atoms with Crippen LogP contribution in [0.5, 0.6) is 5.75 Å². The fourth-order valence-electron chi connectivity index (χ4n) is 1.85. The number of rotatable bonds is 5. The molecule has 2 N–H and O–H groups in total. The van der Waals surface area contributed by atoms with E-state index in [1.807, 2.05) is 0 Å². The first kappa shape index (κ1) is 15.9. The molecule has 0 saturated heterocycles. The maximum atomic E-state index is 12.8.